The van der Waals surface area contributed by atoms with Crippen molar-refractivity contribution in [1.29, 1.82) is 0 Å². The third-order valence-electron chi connectivity index (χ3n) is 4.31. The first-order valence-corrected chi connectivity index (χ1v) is 7.83. The van der Waals surface area contributed by atoms with Crippen molar-refractivity contribution in [2.24, 2.45) is 5.92 Å². The molecule has 0 bridgehead atoms. The van der Waals surface area contributed by atoms with Gasteiger partial charge in [0.2, 0.25) is 5.91 Å². The molecule has 1 heterocycles. The summed E-state index contributed by atoms with van der Waals surface area (Å²) in [5, 5.41) is 3.39. The number of carbonyl (C=O) groups is 1. The fraction of sp³-hybridized carbons (Fsp3) is 0.316. The summed E-state index contributed by atoms with van der Waals surface area (Å²) in [6, 6.07) is 18.1. The minimum absolute atomic E-state index is 0.0122. The second-order valence-electron chi connectivity index (χ2n) is 6.18. The van der Waals surface area contributed by atoms with Crippen LogP contribution in [0.15, 0.2) is 54.6 Å². The molecular formula is C19H22N2O. The summed E-state index contributed by atoms with van der Waals surface area (Å²) in [5.41, 5.74) is 3.14. The smallest absolute Gasteiger partial charge is 0.250 e. The van der Waals surface area contributed by atoms with Crippen LogP contribution in [0.25, 0.3) is 0 Å². The fourth-order valence-electron chi connectivity index (χ4n) is 3.04. The van der Waals surface area contributed by atoms with Gasteiger partial charge in [0, 0.05) is 0 Å². The van der Waals surface area contributed by atoms with Gasteiger partial charge in [0.25, 0.3) is 0 Å². The Bertz CT molecular complexity index is 666. The van der Waals surface area contributed by atoms with Crippen LogP contribution < -0.4 is 10.2 Å². The SMILES string of the molecule is CC(C)C1Nc2ccccc2N(C(C)c2ccccc2)C1=O. The van der Waals surface area contributed by atoms with Gasteiger partial charge in [0.1, 0.15) is 6.04 Å². The number of anilines is 2. The first-order valence-electron chi connectivity index (χ1n) is 7.83. The number of nitrogens with zero attached hydrogens (tertiary/aromatic N) is 1. The lowest BCUT2D eigenvalue weighted by molar-refractivity contribution is -0.120. The van der Waals surface area contributed by atoms with Crippen molar-refractivity contribution < 1.29 is 4.79 Å². The van der Waals surface area contributed by atoms with Crippen LogP contribution in [0.3, 0.4) is 0 Å². The third kappa shape index (κ3) is 2.47. The molecule has 1 aliphatic heterocycles. The molecular weight excluding hydrogens is 272 g/mol. The number of hydrogen-bond acceptors (Lipinski definition) is 2. The summed E-state index contributed by atoms with van der Waals surface area (Å²) < 4.78 is 0. The van der Waals surface area contributed by atoms with Crippen molar-refractivity contribution in [3.05, 3.63) is 60.2 Å². The normalized spacial score (nSPS) is 18.8. The minimum Gasteiger partial charge on any atom is -0.372 e. The average molecular weight is 294 g/mol. The molecule has 3 rings (SSSR count). The number of carbonyl (C=O) groups excluding carboxylic acids is 1. The number of nitrogens with one attached hydrogen (secondary N) is 1. The topological polar surface area (TPSA) is 32.3 Å². The quantitative estimate of drug-likeness (QED) is 0.918. The van der Waals surface area contributed by atoms with Crippen LogP contribution in [-0.2, 0) is 4.79 Å². The molecule has 2 unspecified atom stereocenters. The molecule has 114 valence electrons. The van der Waals surface area contributed by atoms with Crippen LogP contribution in [-0.4, -0.2) is 11.9 Å². The van der Waals surface area contributed by atoms with Gasteiger partial charge >= 0.3 is 0 Å². The third-order valence-corrected chi connectivity index (χ3v) is 4.31. The highest BCUT2D eigenvalue weighted by Gasteiger charge is 2.36. The van der Waals surface area contributed by atoms with Crippen LogP contribution in [0, 0.1) is 5.92 Å². The number of fused-ring (bicyclic) bond motifs is 1. The summed E-state index contributed by atoms with van der Waals surface area (Å²) in [6.07, 6.45) is 0. The Morgan fingerprint density at radius 2 is 1.59 bits per heavy atom. The largest absolute Gasteiger partial charge is 0.372 e. The van der Waals surface area contributed by atoms with Crippen molar-refractivity contribution in [3.8, 4) is 0 Å². The maximum Gasteiger partial charge on any atom is 0.250 e. The summed E-state index contributed by atoms with van der Waals surface area (Å²) in [6.45, 7) is 6.25. The van der Waals surface area contributed by atoms with Gasteiger partial charge in [-0.1, -0.05) is 56.3 Å². The van der Waals surface area contributed by atoms with Crippen LogP contribution in [0.2, 0.25) is 0 Å². The molecule has 0 spiro atoms. The van der Waals surface area contributed by atoms with Gasteiger partial charge in [0.05, 0.1) is 17.4 Å². The molecule has 0 saturated carbocycles. The maximum absolute atomic E-state index is 13.0. The van der Waals surface area contributed by atoms with E-state index in [2.05, 4.69) is 38.2 Å². The summed E-state index contributed by atoms with van der Waals surface area (Å²) in [7, 11) is 0. The summed E-state index contributed by atoms with van der Waals surface area (Å²) in [5.74, 6) is 0.386. The Morgan fingerprint density at radius 3 is 2.27 bits per heavy atom. The minimum atomic E-state index is -0.180. The summed E-state index contributed by atoms with van der Waals surface area (Å²) >= 11 is 0. The van der Waals surface area contributed by atoms with E-state index in [1.54, 1.807) is 0 Å². The number of rotatable bonds is 3. The molecule has 22 heavy (non-hydrogen) atoms. The molecule has 1 amide bonds. The second-order valence-corrected chi connectivity index (χ2v) is 6.18. The lowest BCUT2D eigenvalue weighted by Crippen LogP contribution is -2.50. The van der Waals surface area contributed by atoms with Crippen molar-refractivity contribution in [1.82, 2.24) is 0 Å². The lowest BCUT2D eigenvalue weighted by Gasteiger charge is -2.40. The van der Waals surface area contributed by atoms with Crippen molar-refractivity contribution >= 4 is 17.3 Å². The Morgan fingerprint density at radius 1 is 0.955 bits per heavy atom. The number of benzene rings is 2. The van der Waals surface area contributed by atoms with Gasteiger partial charge in [-0.2, -0.15) is 0 Å². The van der Waals surface area contributed by atoms with Crippen LogP contribution in [0.4, 0.5) is 11.4 Å². The second kappa shape index (κ2) is 5.84. The van der Waals surface area contributed by atoms with Gasteiger partial charge in [0.15, 0.2) is 0 Å². The molecule has 1 N–H and O–H groups in total. The number of para-hydroxylation sites is 2. The molecule has 2 aromatic carbocycles. The van der Waals surface area contributed by atoms with Gasteiger partial charge in [-0.15, -0.1) is 0 Å². The van der Waals surface area contributed by atoms with Crippen LogP contribution in [0.5, 0.6) is 0 Å². The molecule has 0 aliphatic carbocycles. The Balaban J connectivity index is 2.06. The molecule has 0 fully saturated rings. The van der Waals surface area contributed by atoms with Gasteiger partial charge < -0.3 is 10.2 Å². The van der Waals surface area contributed by atoms with Crippen molar-refractivity contribution in [2.75, 3.05) is 10.2 Å². The molecule has 1 aliphatic rings. The zero-order valence-electron chi connectivity index (χ0n) is 13.3. The Labute approximate surface area is 132 Å². The maximum atomic E-state index is 13.0. The predicted molar refractivity (Wildman–Crippen MR) is 91.0 cm³/mol. The molecule has 2 aromatic rings. The highest BCUT2D eigenvalue weighted by atomic mass is 16.2. The zero-order chi connectivity index (χ0) is 15.7. The predicted octanol–water partition coefficient (Wildman–Crippen LogP) is 4.23. The summed E-state index contributed by atoms with van der Waals surface area (Å²) in [4.78, 5) is 14.9. The fourth-order valence-corrected chi connectivity index (χ4v) is 3.04. The van der Waals surface area contributed by atoms with E-state index in [0.717, 1.165) is 16.9 Å². The average Bonchev–Trinajstić information content (AvgIpc) is 2.54. The highest BCUT2D eigenvalue weighted by Crippen LogP contribution is 2.38. The van der Waals surface area contributed by atoms with E-state index in [4.69, 9.17) is 0 Å². The van der Waals surface area contributed by atoms with E-state index in [0.29, 0.717) is 0 Å². The first kappa shape index (κ1) is 14.6. The molecule has 0 saturated heterocycles. The van der Waals surface area contributed by atoms with E-state index < -0.39 is 0 Å². The monoisotopic (exact) mass is 294 g/mol. The van der Waals surface area contributed by atoms with Crippen LogP contribution in [0.1, 0.15) is 32.4 Å². The van der Waals surface area contributed by atoms with Crippen molar-refractivity contribution in [3.63, 3.8) is 0 Å². The van der Waals surface area contributed by atoms with Gasteiger partial charge in [-0.05, 0) is 30.5 Å². The lowest BCUT2D eigenvalue weighted by atomic mass is 9.96. The standard InChI is InChI=1S/C19H22N2O/c1-13(2)18-19(22)21(14(3)15-9-5-4-6-10-15)17-12-8-7-11-16(17)20-18/h4-14,18,20H,1-3H3. The van der Waals surface area contributed by atoms with E-state index >= 15 is 0 Å². The van der Waals surface area contributed by atoms with E-state index in [1.807, 2.05) is 47.4 Å². The van der Waals surface area contributed by atoms with Crippen molar-refractivity contribution in [2.45, 2.75) is 32.9 Å². The van der Waals surface area contributed by atoms with E-state index in [-0.39, 0.29) is 23.9 Å². The molecule has 2 atom stereocenters. The van der Waals surface area contributed by atoms with Crippen LogP contribution >= 0.6 is 0 Å². The number of amides is 1. The van der Waals surface area contributed by atoms with Gasteiger partial charge in [-0.3, -0.25) is 4.79 Å². The van der Waals surface area contributed by atoms with Gasteiger partial charge in [-0.25, -0.2) is 0 Å². The van der Waals surface area contributed by atoms with E-state index in [1.165, 1.54) is 0 Å². The number of hydrogen-bond donors (Lipinski definition) is 1. The molecule has 3 nitrogen and oxygen atoms in total. The first-order chi connectivity index (χ1) is 10.6. The highest BCUT2D eigenvalue weighted by molar-refractivity contribution is 6.05. The van der Waals surface area contributed by atoms with E-state index in [9.17, 15) is 4.79 Å². The molecule has 0 radical (unpaired) electrons. The zero-order valence-corrected chi connectivity index (χ0v) is 13.3. The Hall–Kier alpha value is -2.29. The molecule has 0 aromatic heterocycles. The Kier molecular flexibility index (Phi) is 3.88. The molecule has 3 heteroatoms.